The topological polar surface area (TPSA) is 77.9 Å². The van der Waals surface area contributed by atoms with Crippen LogP contribution >= 0.6 is 0 Å². The maximum Gasteiger partial charge on any atom is 0.337 e. The summed E-state index contributed by atoms with van der Waals surface area (Å²) in [4.78, 5) is 16.4. The Morgan fingerprint density at radius 3 is 2.26 bits per heavy atom. The fraction of sp³-hybridized carbons (Fsp3) is 0.172. The van der Waals surface area contributed by atoms with Crippen LogP contribution in [0.3, 0.4) is 0 Å². The zero-order chi connectivity index (χ0) is 24.6. The maximum atomic E-state index is 11.8. The first-order valence-corrected chi connectivity index (χ1v) is 11.4. The van der Waals surface area contributed by atoms with Gasteiger partial charge in [-0.05, 0) is 60.9 Å². The fourth-order valence-corrected chi connectivity index (χ4v) is 3.76. The summed E-state index contributed by atoms with van der Waals surface area (Å²) >= 11 is 0. The molecule has 0 aliphatic heterocycles. The lowest BCUT2D eigenvalue weighted by Crippen LogP contribution is -2.09. The first-order valence-electron chi connectivity index (χ1n) is 11.4. The third kappa shape index (κ3) is 5.98. The van der Waals surface area contributed by atoms with Crippen LogP contribution in [0.25, 0.3) is 11.3 Å². The van der Waals surface area contributed by atoms with Gasteiger partial charge in [0.1, 0.15) is 23.9 Å². The van der Waals surface area contributed by atoms with E-state index in [1.54, 1.807) is 25.3 Å². The van der Waals surface area contributed by atoms with E-state index in [-0.39, 0.29) is 12.2 Å². The van der Waals surface area contributed by atoms with Crippen LogP contribution in [0, 0.1) is 0 Å². The Morgan fingerprint density at radius 1 is 0.857 bits per heavy atom. The van der Waals surface area contributed by atoms with Crippen molar-refractivity contribution in [3.05, 3.63) is 107 Å². The quantitative estimate of drug-likeness (QED) is 0.306. The summed E-state index contributed by atoms with van der Waals surface area (Å²) in [6.45, 7) is 2.39. The summed E-state index contributed by atoms with van der Waals surface area (Å²) in [7, 11) is 1.59. The number of rotatable bonds is 10. The fourth-order valence-electron chi connectivity index (χ4n) is 3.76. The van der Waals surface area contributed by atoms with Gasteiger partial charge in [-0.25, -0.2) is 9.78 Å². The van der Waals surface area contributed by atoms with Crippen molar-refractivity contribution in [3.63, 3.8) is 0 Å². The van der Waals surface area contributed by atoms with Crippen molar-refractivity contribution in [1.82, 2.24) is 4.98 Å². The summed E-state index contributed by atoms with van der Waals surface area (Å²) in [6.07, 6.45) is 0.831. The molecular weight excluding hydrogens is 442 g/mol. The van der Waals surface area contributed by atoms with Gasteiger partial charge in [-0.15, -0.1) is 0 Å². The van der Waals surface area contributed by atoms with Gasteiger partial charge in [0.15, 0.2) is 0 Å². The van der Waals surface area contributed by atoms with E-state index < -0.39 is 5.97 Å². The molecule has 6 nitrogen and oxygen atoms in total. The van der Waals surface area contributed by atoms with Crippen LogP contribution in [0.1, 0.15) is 34.1 Å². The molecule has 35 heavy (non-hydrogen) atoms. The molecule has 0 aliphatic rings. The Labute approximate surface area is 204 Å². The minimum atomic E-state index is -1.05. The molecule has 178 valence electrons. The van der Waals surface area contributed by atoms with E-state index in [4.69, 9.17) is 14.2 Å². The van der Waals surface area contributed by atoms with Gasteiger partial charge in [0, 0.05) is 11.6 Å². The number of carbonyl (C=O) groups is 1. The zero-order valence-electron chi connectivity index (χ0n) is 19.7. The van der Waals surface area contributed by atoms with Crippen molar-refractivity contribution in [2.75, 3.05) is 13.7 Å². The number of aromatic nitrogens is 1. The second-order valence-corrected chi connectivity index (χ2v) is 7.89. The second kappa shape index (κ2) is 11.2. The van der Waals surface area contributed by atoms with Crippen LogP contribution in [0.15, 0.2) is 84.9 Å². The third-order valence-corrected chi connectivity index (χ3v) is 5.52. The van der Waals surface area contributed by atoms with Crippen LogP contribution < -0.4 is 14.2 Å². The molecule has 0 unspecified atom stereocenters. The van der Waals surface area contributed by atoms with Gasteiger partial charge in [0.25, 0.3) is 0 Å². The van der Waals surface area contributed by atoms with E-state index in [0.29, 0.717) is 35.2 Å². The minimum absolute atomic E-state index is 0.0215. The highest BCUT2D eigenvalue weighted by atomic mass is 16.5. The number of hydrogen-bond donors (Lipinski definition) is 1. The molecule has 0 aliphatic carbocycles. The lowest BCUT2D eigenvalue weighted by Gasteiger charge is -2.14. The number of nitrogens with zero attached hydrogens (tertiary/aromatic N) is 1. The SMILES string of the molecule is CCOc1cc(OC)ccc1-c1ccc(C(=O)O)c(COc2ccc(Cc3ccccc3)cc2)n1. The van der Waals surface area contributed by atoms with Crippen LogP contribution in [-0.4, -0.2) is 29.8 Å². The monoisotopic (exact) mass is 469 g/mol. The van der Waals surface area contributed by atoms with Gasteiger partial charge in [-0.3, -0.25) is 0 Å². The number of carboxylic acid groups (broad SMARTS) is 1. The highest BCUT2D eigenvalue weighted by Gasteiger charge is 2.16. The molecule has 0 bridgehead atoms. The van der Waals surface area contributed by atoms with Crippen LogP contribution in [0.5, 0.6) is 17.2 Å². The van der Waals surface area contributed by atoms with Crippen molar-refractivity contribution in [2.45, 2.75) is 20.0 Å². The first kappa shape index (κ1) is 23.8. The van der Waals surface area contributed by atoms with E-state index in [0.717, 1.165) is 17.5 Å². The van der Waals surface area contributed by atoms with E-state index in [2.05, 4.69) is 17.1 Å². The van der Waals surface area contributed by atoms with E-state index in [1.807, 2.05) is 61.5 Å². The standard InChI is InChI=1S/C29H27NO5/c1-3-34-28-18-23(33-2)13-14-24(28)26-16-15-25(29(31)32)27(30-26)19-35-22-11-9-21(10-12-22)17-20-7-5-4-6-8-20/h4-16,18H,3,17,19H2,1-2H3,(H,31,32). The van der Waals surface area contributed by atoms with Gasteiger partial charge in [-0.1, -0.05) is 42.5 Å². The molecule has 4 rings (SSSR count). The summed E-state index contributed by atoms with van der Waals surface area (Å²) in [5, 5.41) is 9.67. The molecule has 0 radical (unpaired) electrons. The molecule has 1 heterocycles. The van der Waals surface area contributed by atoms with Crippen molar-refractivity contribution in [2.24, 2.45) is 0 Å². The summed E-state index contributed by atoms with van der Waals surface area (Å²) in [5.74, 6) is 0.868. The van der Waals surface area contributed by atoms with Crippen LogP contribution in [-0.2, 0) is 13.0 Å². The maximum absolute atomic E-state index is 11.8. The van der Waals surface area contributed by atoms with Crippen molar-refractivity contribution in [1.29, 1.82) is 0 Å². The Balaban J connectivity index is 1.54. The van der Waals surface area contributed by atoms with Crippen molar-refractivity contribution < 1.29 is 24.1 Å². The average Bonchev–Trinajstić information content (AvgIpc) is 2.89. The molecule has 0 amide bonds. The van der Waals surface area contributed by atoms with Gasteiger partial charge in [0.2, 0.25) is 0 Å². The largest absolute Gasteiger partial charge is 0.497 e. The second-order valence-electron chi connectivity index (χ2n) is 7.89. The first-order chi connectivity index (χ1) is 17.1. The predicted octanol–water partition coefficient (Wildman–Crippen LogP) is 6.02. The molecule has 0 fully saturated rings. The number of aromatic carboxylic acids is 1. The Kier molecular flexibility index (Phi) is 7.63. The third-order valence-electron chi connectivity index (χ3n) is 5.52. The van der Waals surface area contributed by atoms with E-state index >= 15 is 0 Å². The molecule has 1 N–H and O–H groups in total. The molecule has 3 aromatic carbocycles. The van der Waals surface area contributed by atoms with Gasteiger partial charge < -0.3 is 19.3 Å². The molecule has 6 heteroatoms. The number of carboxylic acids is 1. The van der Waals surface area contributed by atoms with Gasteiger partial charge >= 0.3 is 5.97 Å². The predicted molar refractivity (Wildman–Crippen MR) is 134 cm³/mol. The number of methoxy groups -OCH3 is 1. The number of pyridine rings is 1. The molecule has 0 saturated heterocycles. The molecule has 0 spiro atoms. The zero-order valence-corrected chi connectivity index (χ0v) is 19.7. The lowest BCUT2D eigenvalue weighted by atomic mass is 10.1. The molecule has 4 aromatic rings. The normalized spacial score (nSPS) is 10.6. The molecule has 1 aromatic heterocycles. The number of hydrogen-bond acceptors (Lipinski definition) is 5. The van der Waals surface area contributed by atoms with E-state index in [1.165, 1.54) is 5.56 Å². The van der Waals surface area contributed by atoms with Gasteiger partial charge in [0.05, 0.1) is 30.7 Å². The highest BCUT2D eigenvalue weighted by Crippen LogP contribution is 2.33. The molecular formula is C29H27NO5. The highest BCUT2D eigenvalue weighted by molar-refractivity contribution is 5.89. The number of ether oxygens (including phenoxy) is 3. The van der Waals surface area contributed by atoms with E-state index in [9.17, 15) is 9.90 Å². The molecule has 0 saturated carbocycles. The lowest BCUT2D eigenvalue weighted by molar-refractivity contribution is 0.0693. The summed E-state index contributed by atoms with van der Waals surface area (Å²) < 4.78 is 17.0. The van der Waals surface area contributed by atoms with Crippen molar-refractivity contribution in [3.8, 4) is 28.5 Å². The van der Waals surface area contributed by atoms with Crippen molar-refractivity contribution >= 4 is 5.97 Å². The summed E-state index contributed by atoms with van der Waals surface area (Å²) in [6, 6.07) is 26.7. The Morgan fingerprint density at radius 2 is 1.57 bits per heavy atom. The van der Waals surface area contributed by atoms with Gasteiger partial charge in [-0.2, -0.15) is 0 Å². The van der Waals surface area contributed by atoms with Crippen LogP contribution in [0.2, 0.25) is 0 Å². The Bertz CT molecular complexity index is 1290. The Hall–Kier alpha value is -4.32. The van der Waals surface area contributed by atoms with Crippen LogP contribution in [0.4, 0.5) is 0 Å². The average molecular weight is 470 g/mol. The molecule has 0 atom stereocenters. The summed E-state index contributed by atoms with van der Waals surface area (Å²) in [5.41, 5.74) is 4.17. The minimum Gasteiger partial charge on any atom is -0.497 e. The number of benzene rings is 3. The smallest absolute Gasteiger partial charge is 0.337 e.